The van der Waals surface area contributed by atoms with Gasteiger partial charge in [0.15, 0.2) is 0 Å². The Kier molecular flexibility index (Phi) is 11.6. The minimum absolute atomic E-state index is 0.263. The third-order valence-corrected chi connectivity index (χ3v) is 7.66. The van der Waals surface area contributed by atoms with Crippen molar-refractivity contribution in [3.63, 3.8) is 0 Å². The Hall–Kier alpha value is -1.32. The number of rotatable bonds is 15. The summed E-state index contributed by atoms with van der Waals surface area (Å²) >= 11 is 0. The molecule has 0 aromatic carbocycles. The van der Waals surface area contributed by atoms with Crippen LogP contribution < -0.4 is 0 Å². The summed E-state index contributed by atoms with van der Waals surface area (Å²) in [4.78, 5) is 0. The molecule has 0 aliphatic carbocycles. The van der Waals surface area contributed by atoms with E-state index in [1.807, 2.05) is 0 Å². The van der Waals surface area contributed by atoms with Gasteiger partial charge in [0.25, 0.3) is 30.4 Å². The highest BCUT2D eigenvalue weighted by Gasteiger charge is 2.62. The number of alkyl halides is 15. The zero-order valence-electron chi connectivity index (χ0n) is 19.3. The van der Waals surface area contributed by atoms with E-state index in [2.05, 4.69) is 12.5 Å². The molecule has 0 radical (unpaired) electrons. The first-order valence-electron chi connectivity index (χ1n) is 9.44. The molecule has 0 aliphatic heterocycles. The van der Waals surface area contributed by atoms with Gasteiger partial charge in [-0.15, -0.1) is 0 Å². The van der Waals surface area contributed by atoms with Gasteiger partial charge < -0.3 is 0 Å². The molecule has 0 atom stereocenters. The lowest BCUT2D eigenvalue weighted by atomic mass is 9.95. The fourth-order valence-corrected chi connectivity index (χ4v) is 5.32. The second-order valence-electron chi connectivity index (χ2n) is 8.31. The van der Waals surface area contributed by atoms with Gasteiger partial charge in [0.05, 0.1) is 19.8 Å². The normalized spacial score (nSPS) is 15.8. The molecule has 0 aromatic heterocycles. The average Bonchev–Trinajstić information content (AvgIpc) is 2.65. The zero-order valence-corrected chi connectivity index (χ0v) is 21.8. The average molecular weight is 708 g/mol. The molecule has 0 spiro atoms. The zero-order chi connectivity index (χ0) is 33.4. The predicted octanol–water partition coefficient (Wildman–Crippen LogP) is 3.62. The molecule has 248 valence electrons. The summed E-state index contributed by atoms with van der Waals surface area (Å²) in [7, 11) is -18.2. The molecule has 0 heterocycles. The molecule has 0 aromatic rings. The first-order chi connectivity index (χ1) is 17.5. The van der Waals surface area contributed by atoms with E-state index in [0.717, 1.165) is 0 Å². The monoisotopic (exact) mass is 708 g/mol. The molecule has 0 fully saturated rings. The van der Waals surface area contributed by atoms with Crippen molar-refractivity contribution in [3.05, 3.63) is 0 Å². The molecule has 0 N–H and O–H groups in total. The number of hydrogen-bond acceptors (Lipinski definition) is 9. The molecule has 0 saturated heterocycles. The lowest BCUT2D eigenvalue weighted by Crippen LogP contribution is -2.46. The summed E-state index contributed by atoms with van der Waals surface area (Å²) in [5, 5.41) is 0. The van der Waals surface area contributed by atoms with Crippen LogP contribution in [0.4, 0.5) is 65.9 Å². The van der Waals surface area contributed by atoms with Gasteiger partial charge in [-0.2, -0.15) is 91.1 Å². The fraction of sp³-hybridized carbons (Fsp3) is 1.00. The summed E-state index contributed by atoms with van der Waals surface area (Å²) in [6.45, 7) is -5.86. The molecular weight excluding hydrogens is 693 g/mol. The van der Waals surface area contributed by atoms with Crippen molar-refractivity contribution in [2.45, 2.75) is 43.2 Å². The van der Waals surface area contributed by atoms with Crippen LogP contribution >= 0.6 is 0 Å². The Balaban J connectivity index is 6.08. The molecule has 0 saturated carbocycles. The molecule has 0 rings (SSSR count). The molecule has 0 unspecified atom stereocenters. The van der Waals surface area contributed by atoms with Gasteiger partial charge in [-0.05, 0) is 0 Å². The lowest BCUT2D eigenvalue weighted by molar-refractivity contribution is -0.272. The highest BCUT2D eigenvalue weighted by Crippen LogP contribution is 2.39. The Morgan fingerprint density at radius 3 is 0.732 bits per heavy atom. The molecule has 9 nitrogen and oxygen atoms in total. The topological polar surface area (TPSA) is 130 Å². The van der Waals surface area contributed by atoms with Crippen LogP contribution in [0, 0.1) is 5.41 Å². The maximum atomic E-state index is 13.0. The summed E-state index contributed by atoms with van der Waals surface area (Å²) in [6.07, 6.45) is -19.5. The SMILES string of the molecule is CC(COS(=O)(=O)CC(F)(F)C(F)(F)F)(COS(=O)(=O)CC(F)(F)C(F)(F)F)COS(=O)(=O)CC(F)(F)C(F)(F)F. The predicted molar refractivity (Wildman–Crippen MR) is 100 cm³/mol. The maximum absolute atomic E-state index is 13.0. The van der Waals surface area contributed by atoms with E-state index in [1.54, 1.807) is 0 Å². The molecule has 41 heavy (non-hydrogen) atoms. The maximum Gasteiger partial charge on any atom is 0.454 e. The van der Waals surface area contributed by atoms with Crippen molar-refractivity contribution in [3.8, 4) is 0 Å². The molecule has 27 heteroatoms. The third-order valence-electron chi connectivity index (χ3n) is 4.08. The Labute approximate surface area is 220 Å². The molecule has 0 aliphatic rings. The summed E-state index contributed by atoms with van der Waals surface area (Å²) < 4.78 is 269. The van der Waals surface area contributed by atoms with E-state index in [4.69, 9.17) is 0 Å². The van der Waals surface area contributed by atoms with Gasteiger partial charge in [-0.25, -0.2) is 0 Å². The summed E-state index contributed by atoms with van der Waals surface area (Å²) in [6, 6.07) is 0. The minimum Gasteiger partial charge on any atom is -0.269 e. The van der Waals surface area contributed by atoms with Gasteiger partial charge in [-0.1, -0.05) is 6.92 Å². The highest BCUT2D eigenvalue weighted by molar-refractivity contribution is 7.87. The van der Waals surface area contributed by atoms with Crippen LogP contribution in [-0.2, 0) is 42.9 Å². The number of hydrogen-bond donors (Lipinski definition) is 0. The fourth-order valence-electron chi connectivity index (χ4n) is 1.86. The van der Waals surface area contributed by atoms with Crippen LogP contribution in [0.2, 0.25) is 0 Å². The van der Waals surface area contributed by atoms with Crippen molar-refractivity contribution in [1.82, 2.24) is 0 Å². The highest BCUT2D eigenvalue weighted by atomic mass is 32.2. The number of halogens is 15. The van der Waals surface area contributed by atoms with Gasteiger partial charge in [0, 0.05) is 5.41 Å². The Morgan fingerprint density at radius 1 is 0.415 bits per heavy atom. The van der Waals surface area contributed by atoms with Crippen LogP contribution in [0.1, 0.15) is 6.92 Å². The van der Waals surface area contributed by atoms with Crippen LogP contribution in [0.15, 0.2) is 0 Å². The van der Waals surface area contributed by atoms with Gasteiger partial charge >= 0.3 is 36.3 Å². The Morgan fingerprint density at radius 2 is 0.585 bits per heavy atom. The minimum atomic E-state index is -6.51. The van der Waals surface area contributed by atoms with E-state index in [-0.39, 0.29) is 6.92 Å². The second kappa shape index (κ2) is 12.0. The van der Waals surface area contributed by atoms with Crippen LogP contribution in [0.3, 0.4) is 0 Å². The van der Waals surface area contributed by atoms with Crippen molar-refractivity contribution in [1.29, 1.82) is 0 Å². The smallest absolute Gasteiger partial charge is 0.269 e. The first kappa shape index (κ1) is 39.7. The molecular formula is C14H15F15O9S3. The molecule has 0 amide bonds. The standard InChI is InChI=1S/C14H15F15O9S3/c1-8(2-36-39(30,31)5-9(15,16)12(21,22)23,3-37-40(32,33)6-10(17,18)13(24,25)26)4-38-41(34,35)7-11(19,20)14(27,28)29/h2-7H2,1H3. The lowest BCUT2D eigenvalue weighted by Gasteiger charge is -2.29. The summed E-state index contributed by atoms with van der Waals surface area (Å²) in [5.41, 5.74) is -3.00. The van der Waals surface area contributed by atoms with Gasteiger partial charge in [-0.3, -0.25) is 12.5 Å². The Bertz CT molecular complexity index is 1070. The largest absolute Gasteiger partial charge is 0.454 e. The van der Waals surface area contributed by atoms with Crippen molar-refractivity contribution >= 4 is 30.4 Å². The summed E-state index contributed by atoms with van der Waals surface area (Å²) in [5.74, 6) is -27.6. The first-order valence-corrected chi connectivity index (χ1v) is 14.2. The van der Waals surface area contributed by atoms with Crippen LogP contribution in [-0.4, -0.2) is 98.6 Å². The van der Waals surface area contributed by atoms with E-state index in [0.29, 0.717) is 0 Å². The molecule has 0 bridgehead atoms. The van der Waals surface area contributed by atoms with Crippen LogP contribution in [0.25, 0.3) is 0 Å². The van der Waals surface area contributed by atoms with Gasteiger partial charge in [0.2, 0.25) is 0 Å². The van der Waals surface area contributed by atoms with Crippen molar-refractivity contribution < 1.29 is 104 Å². The quantitative estimate of drug-likeness (QED) is 0.185. The van der Waals surface area contributed by atoms with E-state index >= 15 is 0 Å². The van der Waals surface area contributed by atoms with Crippen molar-refractivity contribution in [2.24, 2.45) is 5.41 Å². The van der Waals surface area contributed by atoms with Crippen LogP contribution in [0.5, 0.6) is 0 Å². The third kappa shape index (κ3) is 12.4. The van der Waals surface area contributed by atoms with E-state index in [1.165, 1.54) is 0 Å². The second-order valence-corrected chi connectivity index (χ2v) is 13.2. The van der Waals surface area contributed by atoms with Crippen molar-refractivity contribution in [2.75, 3.05) is 37.1 Å². The van der Waals surface area contributed by atoms with E-state index < -0.39 is 109 Å². The van der Waals surface area contributed by atoms with Gasteiger partial charge in [0.1, 0.15) is 17.3 Å². The van der Waals surface area contributed by atoms with E-state index in [9.17, 15) is 91.1 Å².